The lowest BCUT2D eigenvalue weighted by atomic mass is 10.3. The lowest BCUT2D eigenvalue weighted by Crippen LogP contribution is -2.01. The number of carbonyl (C=O) groups is 1. The van der Waals surface area contributed by atoms with Crippen molar-refractivity contribution >= 4 is 5.97 Å². The number of nitrogens with one attached hydrogen (secondary N) is 1. The minimum Gasteiger partial charge on any atom is -0.497 e. The van der Waals surface area contributed by atoms with Crippen LogP contribution in [-0.2, 0) is 17.8 Å². The van der Waals surface area contributed by atoms with Gasteiger partial charge in [0.05, 0.1) is 13.5 Å². The van der Waals surface area contributed by atoms with Crippen LogP contribution in [0.1, 0.15) is 11.5 Å². The molecule has 19 heavy (non-hydrogen) atoms. The van der Waals surface area contributed by atoms with Gasteiger partial charge in [0.25, 0.3) is 0 Å². The highest BCUT2D eigenvalue weighted by Crippen LogP contribution is 2.19. The quantitative estimate of drug-likeness (QED) is 0.826. The van der Waals surface area contributed by atoms with Gasteiger partial charge >= 0.3 is 5.97 Å². The maximum absolute atomic E-state index is 10.5. The maximum atomic E-state index is 10.5. The van der Waals surface area contributed by atoms with E-state index in [1.807, 2.05) is 18.2 Å². The predicted molar refractivity (Wildman–Crippen MR) is 67.3 cm³/mol. The van der Waals surface area contributed by atoms with E-state index in [2.05, 4.69) is 9.97 Å². The molecule has 0 saturated carbocycles. The monoisotopic (exact) mass is 262 g/mol. The van der Waals surface area contributed by atoms with Crippen LogP contribution in [-0.4, -0.2) is 28.2 Å². The number of ether oxygens (including phenoxy) is 2. The van der Waals surface area contributed by atoms with Gasteiger partial charge in [-0.3, -0.25) is 4.79 Å². The van der Waals surface area contributed by atoms with Gasteiger partial charge in [0.1, 0.15) is 23.9 Å². The highest BCUT2D eigenvalue weighted by atomic mass is 16.5. The second kappa shape index (κ2) is 5.90. The van der Waals surface area contributed by atoms with E-state index in [1.54, 1.807) is 13.2 Å². The Hall–Kier alpha value is -2.50. The molecular formula is C13H14N2O4. The summed E-state index contributed by atoms with van der Waals surface area (Å²) in [6, 6.07) is 7.22. The fraction of sp³-hybridized carbons (Fsp3) is 0.231. The summed E-state index contributed by atoms with van der Waals surface area (Å²) in [5.41, 5.74) is 0.553. The van der Waals surface area contributed by atoms with Crippen molar-refractivity contribution < 1.29 is 19.4 Å². The van der Waals surface area contributed by atoms with Crippen molar-refractivity contribution in [1.82, 2.24) is 9.97 Å². The van der Waals surface area contributed by atoms with Gasteiger partial charge in [0.15, 0.2) is 0 Å². The first-order chi connectivity index (χ1) is 9.17. The highest BCUT2D eigenvalue weighted by Gasteiger charge is 2.05. The molecule has 1 heterocycles. The van der Waals surface area contributed by atoms with Gasteiger partial charge in [0, 0.05) is 18.0 Å². The molecule has 0 amide bonds. The van der Waals surface area contributed by atoms with Gasteiger partial charge in [-0.2, -0.15) is 0 Å². The number of aromatic amines is 1. The van der Waals surface area contributed by atoms with Crippen LogP contribution < -0.4 is 9.47 Å². The van der Waals surface area contributed by atoms with Crippen LogP contribution in [0.2, 0.25) is 0 Å². The van der Waals surface area contributed by atoms with E-state index in [4.69, 9.17) is 14.6 Å². The van der Waals surface area contributed by atoms with E-state index in [0.29, 0.717) is 23.0 Å². The van der Waals surface area contributed by atoms with Crippen LogP contribution in [0.3, 0.4) is 0 Å². The molecule has 0 bridgehead atoms. The Morgan fingerprint density at radius 2 is 2.21 bits per heavy atom. The molecule has 6 nitrogen and oxygen atoms in total. The zero-order valence-corrected chi connectivity index (χ0v) is 10.4. The van der Waals surface area contributed by atoms with Crippen LogP contribution >= 0.6 is 0 Å². The average molecular weight is 262 g/mol. The summed E-state index contributed by atoms with van der Waals surface area (Å²) in [4.78, 5) is 17.5. The SMILES string of the molecule is COc1cccc(OCc2ncc(CC(=O)O)[nH]2)c1. The van der Waals surface area contributed by atoms with Crippen LogP contribution in [0.15, 0.2) is 30.5 Å². The normalized spacial score (nSPS) is 10.2. The summed E-state index contributed by atoms with van der Waals surface area (Å²) in [5, 5.41) is 8.65. The number of H-pyrrole nitrogens is 1. The predicted octanol–water partition coefficient (Wildman–Crippen LogP) is 1.62. The van der Waals surface area contributed by atoms with Crippen LogP contribution in [0.25, 0.3) is 0 Å². The third-order valence-corrected chi connectivity index (χ3v) is 2.44. The second-order valence-corrected chi connectivity index (χ2v) is 3.89. The topological polar surface area (TPSA) is 84.4 Å². The van der Waals surface area contributed by atoms with Gasteiger partial charge in [0.2, 0.25) is 0 Å². The largest absolute Gasteiger partial charge is 0.497 e. The van der Waals surface area contributed by atoms with E-state index in [0.717, 1.165) is 0 Å². The number of carboxylic acid groups (broad SMARTS) is 1. The number of aromatic nitrogens is 2. The van der Waals surface area contributed by atoms with E-state index in [-0.39, 0.29) is 13.0 Å². The first-order valence-corrected chi connectivity index (χ1v) is 5.69. The maximum Gasteiger partial charge on any atom is 0.309 e. The van der Waals surface area contributed by atoms with E-state index < -0.39 is 5.97 Å². The molecule has 2 rings (SSSR count). The van der Waals surface area contributed by atoms with Crippen LogP contribution in [0.5, 0.6) is 11.5 Å². The number of hydrogen-bond acceptors (Lipinski definition) is 4. The fourth-order valence-corrected chi connectivity index (χ4v) is 1.57. The third kappa shape index (κ3) is 3.74. The highest BCUT2D eigenvalue weighted by molar-refractivity contribution is 5.69. The number of carboxylic acids is 1. The molecule has 100 valence electrons. The van der Waals surface area contributed by atoms with E-state index in [9.17, 15) is 4.79 Å². The molecule has 0 saturated heterocycles. The molecule has 0 aliphatic heterocycles. The van der Waals surface area contributed by atoms with Crippen molar-refractivity contribution in [3.63, 3.8) is 0 Å². The number of methoxy groups -OCH3 is 1. The minimum absolute atomic E-state index is 0.0772. The molecule has 6 heteroatoms. The Bertz CT molecular complexity index is 565. The number of nitrogens with zero attached hydrogens (tertiary/aromatic N) is 1. The van der Waals surface area contributed by atoms with Crippen molar-refractivity contribution in [2.24, 2.45) is 0 Å². The summed E-state index contributed by atoms with van der Waals surface area (Å²) in [6.45, 7) is 0.243. The Labute approximate surface area is 110 Å². The number of imidazole rings is 1. The first kappa shape index (κ1) is 12.9. The zero-order chi connectivity index (χ0) is 13.7. The van der Waals surface area contributed by atoms with Crippen molar-refractivity contribution in [3.05, 3.63) is 42.0 Å². The molecule has 2 N–H and O–H groups in total. The summed E-state index contributed by atoms with van der Waals surface area (Å²) in [5.74, 6) is 1.06. The van der Waals surface area contributed by atoms with Crippen molar-refractivity contribution in [2.75, 3.05) is 7.11 Å². The molecule has 0 unspecified atom stereocenters. The van der Waals surface area contributed by atoms with Gasteiger partial charge in [-0.05, 0) is 12.1 Å². The molecule has 0 spiro atoms. The Morgan fingerprint density at radius 1 is 1.42 bits per heavy atom. The summed E-state index contributed by atoms with van der Waals surface area (Å²) in [6.07, 6.45) is 1.42. The molecule has 1 aromatic heterocycles. The standard InChI is InChI=1S/C13H14N2O4/c1-18-10-3-2-4-11(6-10)19-8-12-14-7-9(15-12)5-13(16)17/h2-4,6-7H,5,8H2,1H3,(H,14,15)(H,16,17). The first-order valence-electron chi connectivity index (χ1n) is 5.69. The minimum atomic E-state index is -0.899. The zero-order valence-electron chi connectivity index (χ0n) is 10.4. The average Bonchev–Trinajstić information content (AvgIpc) is 2.83. The van der Waals surface area contributed by atoms with Crippen molar-refractivity contribution in [2.45, 2.75) is 13.0 Å². The Kier molecular flexibility index (Phi) is 4.02. The number of rotatable bonds is 6. The fourth-order valence-electron chi connectivity index (χ4n) is 1.57. The smallest absolute Gasteiger partial charge is 0.309 e. The van der Waals surface area contributed by atoms with E-state index >= 15 is 0 Å². The molecule has 0 aliphatic rings. The van der Waals surface area contributed by atoms with Crippen molar-refractivity contribution in [1.29, 1.82) is 0 Å². The summed E-state index contributed by atoms with van der Waals surface area (Å²) >= 11 is 0. The number of hydrogen-bond donors (Lipinski definition) is 2. The third-order valence-electron chi connectivity index (χ3n) is 2.44. The molecule has 0 atom stereocenters. The number of aliphatic carboxylic acids is 1. The van der Waals surface area contributed by atoms with E-state index in [1.165, 1.54) is 6.20 Å². The molecule has 0 aliphatic carbocycles. The van der Waals surface area contributed by atoms with Gasteiger partial charge in [-0.1, -0.05) is 6.07 Å². The molecule has 0 fully saturated rings. The van der Waals surface area contributed by atoms with Crippen LogP contribution in [0.4, 0.5) is 0 Å². The van der Waals surface area contributed by atoms with Crippen LogP contribution in [0, 0.1) is 0 Å². The Balaban J connectivity index is 1.94. The lowest BCUT2D eigenvalue weighted by molar-refractivity contribution is -0.136. The number of benzene rings is 1. The van der Waals surface area contributed by atoms with Gasteiger partial charge in [-0.25, -0.2) is 4.98 Å². The van der Waals surface area contributed by atoms with Gasteiger partial charge < -0.3 is 19.6 Å². The molecule has 1 aromatic carbocycles. The second-order valence-electron chi connectivity index (χ2n) is 3.89. The summed E-state index contributed by atoms with van der Waals surface area (Å²) < 4.78 is 10.6. The van der Waals surface area contributed by atoms with Gasteiger partial charge in [-0.15, -0.1) is 0 Å². The summed E-state index contributed by atoms with van der Waals surface area (Å²) in [7, 11) is 1.59. The molecule has 0 radical (unpaired) electrons. The molecule has 2 aromatic rings. The lowest BCUT2D eigenvalue weighted by Gasteiger charge is -2.05. The van der Waals surface area contributed by atoms with Crippen molar-refractivity contribution in [3.8, 4) is 11.5 Å². The Morgan fingerprint density at radius 3 is 2.95 bits per heavy atom. The molecular weight excluding hydrogens is 248 g/mol.